The van der Waals surface area contributed by atoms with Crippen LogP contribution < -0.4 is 4.90 Å². The van der Waals surface area contributed by atoms with E-state index in [0.29, 0.717) is 44.1 Å². The number of nitrogens with zero attached hydrogens (tertiary/aromatic N) is 4. The summed E-state index contributed by atoms with van der Waals surface area (Å²) in [6.45, 7) is 4.92. The predicted molar refractivity (Wildman–Crippen MR) is 147 cm³/mol. The highest BCUT2D eigenvalue weighted by Gasteiger charge is 2.66. The molecule has 212 valence electrons. The van der Waals surface area contributed by atoms with Crippen LogP contribution in [0.3, 0.4) is 0 Å². The van der Waals surface area contributed by atoms with E-state index in [1.54, 1.807) is 31.2 Å². The Hall–Kier alpha value is -3.58. The van der Waals surface area contributed by atoms with Gasteiger partial charge in [0.2, 0.25) is 10.0 Å². The highest BCUT2D eigenvalue weighted by molar-refractivity contribution is 7.89. The minimum atomic E-state index is -3.87. The molecule has 1 N–H and O–H groups in total. The molecule has 2 aromatic carbocycles. The number of hydrogen-bond acceptors (Lipinski definition) is 8. The number of sulfonamides is 1. The Morgan fingerprint density at radius 3 is 2.40 bits per heavy atom. The SMILES string of the molecule is CCN1C(=O)C2(/C(=C(/O)c3cccc(S(=O)(=O)N(C)C)c3)C(=O)C(=O)N2CCN2CCOCC2)c2ccccc21. The summed E-state index contributed by atoms with van der Waals surface area (Å²) >= 11 is 0. The van der Waals surface area contributed by atoms with E-state index in [9.17, 15) is 27.9 Å². The van der Waals surface area contributed by atoms with Crippen LogP contribution in [0.25, 0.3) is 5.76 Å². The summed E-state index contributed by atoms with van der Waals surface area (Å²) in [5.74, 6) is -3.02. The molecule has 12 heteroatoms. The van der Waals surface area contributed by atoms with Crippen LogP contribution in [0.15, 0.2) is 59.0 Å². The minimum absolute atomic E-state index is 0.00806. The number of likely N-dealkylation sites (tertiary alicyclic amines) is 1. The van der Waals surface area contributed by atoms with Gasteiger partial charge in [-0.3, -0.25) is 19.3 Å². The first-order chi connectivity index (χ1) is 19.1. The summed E-state index contributed by atoms with van der Waals surface area (Å²) in [4.78, 5) is 46.5. The van der Waals surface area contributed by atoms with Crippen LogP contribution in [0.2, 0.25) is 0 Å². The van der Waals surface area contributed by atoms with E-state index in [4.69, 9.17) is 4.74 Å². The number of morpholine rings is 1. The third-order valence-electron chi connectivity index (χ3n) is 7.76. The summed E-state index contributed by atoms with van der Waals surface area (Å²) in [6.07, 6.45) is 0. The second kappa shape index (κ2) is 10.4. The van der Waals surface area contributed by atoms with Crippen molar-refractivity contribution in [1.82, 2.24) is 14.1 Å². The van der Waals surface area contributed by atoms with Crippen LogP contribution in [-0.2, 0) is 34.7 Å². The number of carbonyl (C=O) groups excluding carboxylic acids is 3. The van der Waals surface area contributed by atoms with Crippen LogP contribution in [0, 0.1) is 0 Å². The topological polar surface area (TPSA) is 128 Å². The molecule has 0 radical (unpaired) electrons. The Morgan fingerprint density at radius 1 is 1.02 bits per heavy atom. The van der Waals surface area contributed by atoms with Gasteiger partial charge in [-0.25, -0.2) is 12.7 Å². The van der Waals surface area contributed by atoms with E-state index in [-0.39, 0.29) is 29.1 Å². The summed E-state index contributed by atoms with van der Waals surface area (Å²) in [7, 11) is -1.10. The second-order valence-electron chi connectivity index (χ2n) is 10.1. The Labute approximate surface area is 233 Å². The van der Waals surface area contributed by atoms with Gasteiger partial charge in [-0.1, -0.05) is 30.3 Å². The van der Waals surface area contributed by atoms with E-state index in [1.165, 1.54) is 48.2 Å². The number of aliphatic hydroxyl groups is 1. The Morgan fingerprint density at radius 2 is 1.73 bits per heavy atom. The van der Waals surface area contributed by atoms with Gasteiger partial charge in [0.15, 0.2) is 5.54 Å². The highest BCUT2D eigenvalue weighted by Crippen LogP contribution is 2.53. The molecule has 11 nitrogen and oxygen atoms in total. The number of Topliss-reactive ketones (excluding diaryl/α,β-unsaturated/α-hetero) is 1. The quantitative estimate of drug-likeness (QED) is 0.300. The zero-order valence-electron chi connectivity index (χ0n) is 22.7. The smallest absolute Gasteiger partial charge is 0.296 e. The van der Waals surface area contributed by atoms with Gasteiger partial charge < -0.3 is 19.6 Å². The molecule has 2 aromatic rings. The van der Waals surface area contributed by atoms with Gasteiger partial charge in [-0.05, 0) is 25.1 Å². The average Bonchev–Trinajstić information content (AvgIpc) is 3.34. The van der Waals surface area contributed by atoms with Crippen molar-refractivity contribution in [2.24, 2.45) is 0 Å². The molecule has 0 aliphatic carbocycles. The first-order valence-corrected chi connectivity index (χ1v) is 14.5. The van der Waals surface area contributed by atoms with Crippen molar-refractivity contribution < 1.29 is 32.6 Å². The lowest BCUT2D eigenvalue weighted by atomic mass is 9.82. The molecule has 3 heterocycles. The number of fused-ring (bicyclic) bond motifs is 2. The molecule has 0 saturated carbocycles. The van der Waals surface area contributed by atoms with Crippen molar-refractivity contribution in [3.05, 3.63) is 65.2 Å². The molecule has 1 atom stereocenters. The molecule has 40 heavy (non-hydrogen) atoms. The zero-order chi connectivity index (χ0) is 28.8. The van der Waals surface area contributed by atoms with Crippen LogP contribution >= 0.6 is 0 Å². The number of anilines is 1. The zero-order valence-corrected chi connectivity index (χ0v) is 23.5. The average molecular weight is 569 g/mol. The molecule has 0 aromatic heterocycles. The molecule has 3 aliphatic rings. The van der Waals surface area contributed by atoms with E-state index >= 15 is 0 Å². The lowest BCUT2D eigenvalue weighted by Gasteiger charge is -2.36. The van der Waals surface area contributed by atoms with Crippen molar-refractivity contribution in [3.63, 3.8) is 0 Å². The van der Waals surface area contributed by atoms with Crippen molar-refractivity contribution >= 4 is 39.1 Å². The molecular formula is C28H32N4O7S. The fourth-order valence-corrected chi connectivity index (χ4v) is 6.65. The van der Waals surface area contributed by atoms with Crippen LogP contribution in [0.5, 0.6) is 0 Å². The van der Waals surface area contributed by atoms with Gasteiger partial charge in [0.25, 0.3) is 17.6 Å². The monoisotopic (exact) mass is 568 g/mol. The lowest BCUT2D eigenvalue weighted by Crippen LogP contribution is -2.54. The molecule has 1 unspecified atom stereocenters. The first kappa shape index (κ1) is 28.0. The van der Waals surface area contributed by atoms with Crippen LogP contribution in [0.1, 0.15) is 18.1 Å². The summed E-state index contributed by atoms with van der Waals surface area (Å²) in [5.41, 5.74) is -1.29. The largest absolute Gasteiger partial charge is 0.507 e. The number of carbonyl (C=O) groups is 3. The van der Waals surface area contributed by atoms with Gasteiger partial charge in [0, 0.05) is 57.9 Å². The third-order valence-corrected chi connectivity index (χ3v) is 9.57. The number of rotatable bonds is 7. The number of ether oxygens (including phenoxy) is 1. The Kier molecular flexibility index (Phi) is 7.29. The number of benzene rings is 2. The molecule has 2 amide bonds. The lowest BCUT2D eigenvalue weighted by molar-refractivity contribution is -0.144. The number of para-hydroxylation sites is 1. The molecule has 2 fully saturated rings. The highest BCUT2D eigenvalue weighted by atomic mass is 32.2. The first-order valence-electron chi connectivity index (χ1n) is 13.1. The van der Waals surface area contributed by atoms with Gasteiger partial charge in [0.05, 0.1) is 29.4 Å². The normalized spacial score (nSPS) is 23.1. The van der Waals surface area contributed by atoms with E-state index in [0.717, 1.165) is 4.31 Å². The molecule has 3 aliphatic heterocycles. The minimum Gasteiger partial charge on any atom is -0.507 e. The Bertz CT molecular complexity index is 1510. The van der Waals surface area contributed by atoms with E-state index < -0.39 is 38.9 Å². The maximum Gasteiger partial charge on any atom is 0.296 e. The third kappa shape index (κ3) is 4.14. The van der Waals surface area contributed by atoms with Gasteiger partial charge in [-0.2, -0.15) is 0 Å². The van der Waals surface area contributed by atoms with Crippen molar-refractivity contribution in [2.45, 2.75) is 17.4 Å². The van der Waals surface area contributed by atoms with E-state index in [2.05, 4.69) is 4.90 Å². The Balaban J connectivity index is 1.72. The van der Waals surface area contributed by atoms with Gasteiger partial charge in [-0.15, -0.1) is 0 Å². The number of amides is 2. The predicted octanol–water partition coefficient (Wildman–Crippen LogP) is 1.21. The fourth-order valence-electron chi connectivity index (χ4n) is 5.71. The summed E-state index contributed by atoms with van der Waals surface area (Å²) in [6, 6.07) is 12.4. The maximum absolute atomic E-state index is 14.3. The fraction of sp³-hybridized carbons (Fsp3) is 0.393. The van der Waals surface area contributed by atoms with Gasteiger partial charge in [0.1, 0.15) is 5.76 Å². The maximum atomic E-state index is 14.3. The molecule has 1 spiro atoms. The summed E-state index contributed by atoms with van der Waals surface area (Å²) < 4.78 is 32.1. The van der Waals surface area contributed by atoms with Gasteiger partial charge >= 0.3 is 0 Å². The number of hydrogen-bond donors (Lipinski definition) is 1. The molecular weight excluding hydrogens is 536 g/mol. The van der Waals surface area contributed by atoms with Crippen LogP contribution in [-0.4, -0.2) is 105 Å². The van der Waals surface area contributed by atoms with E-state index in [1.807, 2.05) is 0 Å². The molecule has 2 saturated heterocycles. The number of ketones is 1. The molecule has 0 bridgehead atoms. The van der Waals surface area contributed by atoms with Crippen LogP contribution in [0.4, 0.5) is 5.69 Å². The van der Waals surface area contributed by atoms with Crippen molar-refractivity contribution in [1.29, 1.82) is 0 Å². The molecule has 5 rings (SSSR count). The van der Waals surface area contributed by atoms with Crippen molar-refractivity contribution in [2.75, 3.05) is 64.9 Å². The number of likely N-dealkylation sites (N-methyl/N-ethyl adjacent to an activating group) is 1. The second-order valence-corrected chi connectivity index (χ2v) is 12.2. The number of aliphatic hydroxyl groups excluding tert-OH is 1. The summed E-state index contributed by atoms with van der Waals surface area (Å²) in [5, 5.41) is 11.7. The standard InChI is InChI=1S/C28H32N4O7S/c1-4-31-22-11-6-5-10-21(22)28(27(31)36)23(24(33)19-8-7-9-20(18-19)40(37,38)29(2)3)25(34)26(35)32(28)13-12-30-14-16-39-17-15-30/h5-11,18,33H,4,12-17H2,1-3H3/b24-23+. The van der Waals surface area contributed by atoms with Crippen molar-refractivity contribution in [3.8, 4) is 0 Å².